The van der Waals surface area contributed by atoms with Crippen molar-refractivity contribution < 1.29 is 4.74 Å². The van der Waals surface area contributed by atoms with E-state index in [0.29, 0.717) is 25.2 Å². The first-order valence-corrected chi connectivity index (χ1v) is 8.85. The molecule has 0 bridgehead atoms. The number of nitrogens with one attached hydrogen (secondary N) is 1. The van der Waals surface area contributed by atoms with Gasteiger partial charge in [0.25, 0.3) is 0 Å². The van der Waals surface area contributed by atoms with Crippen LogP contribution in [0.1, 0.15) is 18.9 Å². The summed E-state index contributed by atoms with van der Waals surface area (Å²) in [6, 6.07) is 4.37. The van der Waals surface area contributed by atoms with Crippen LogP contribution < -0.4 is 16.2 Å². The Labute approximate surface area is 150 Å². The number of imidazole rings is 1. The number of hydrogen-bond acceptors (Lipinski definition) is 8. The smallest absolute Gasteiger partial charge is 0.241 e. The van der Waals surface area contributed by atoms with Gasteiger partial charge in [0, 0.05) is 37.1 Å². The first-order valence-electron chi connectivity index (χ1n) is 8.85. The van der Waals surface area contributed by atoms with Gasteiger partial charge >= 0.3 is 0 Å². The Hall–Kier alpha value is -2.78. The van der Waals surface area contributed by atoms with Gasteiger partial charge in [-0.05, 0) is 25.0 Å². The van der Waals surface area contributed by atoms with Gasteiger partial charge in [-0.25, -0.2) is 10.8 Å². The first kappa shape index (κ1) is 15.5. The Morgan fingerprint density at radius 1 is 1.08 bits per heavy atom. The summed E-state index contributed by atoms with van der Waals surface area (Å²) < 4.78 is 7.70. The predicted molar refractivity (Wildman–Crippen MR) is 97.7 cm³/mol. The summed E-state index contributed by atoms with van der Waals surface area (Å²) in [7, 11) is 0. The second kappa shape index (κ2) is 6.19. The van der Waals surface area contributed by atoms with E-state index in [1.54, 1.807) is 12.4 Å². The van der Waals surface area contributed by atoms with Gasteiger partial charge in [-0.15, -0.1) is 0 Å². The zero-order chi connectivity index (χ0) is 17.5. The molecule has 0 unspecified atom stereocenters. The molecule has 4 heterocycles. The fraction of sp³-hybridized carbons (Fsp3) is 0.412. The van der Waals surface area contributed by atoms with Crippen molar-refractivity contribution in [1.82, 2.24) is 24.5 Å². The summed E-state index contributed by atoms with van der Waals surface area (Å²) in [6.45, 7) is 2.91. The third kappa shape index (κ3) is 2.56. The number of nitrogens with zero attached hydrogens (tertiary/aromatic N) is 6. The quantitative estimate of drug-likeness (QED) is 0.535. The van der Waals surface area contributed by atoms with Crippen molar-refractivity contribution >= 4 is 22.9 Å². The van der Waals surface area contributed by atoms with Crippen LogP contribution in [-0.2, 0) is 4.74 Å². The van der Waals surface area contributed by atoms with Crippen LogP contribution in [0.2, 0.25) is 0 Å². The number of nitrogen functional groups attached to an aromatic ring is 1. The molecule has 3 N–H and O–H groups in total. The fourth-order valence-electron chi connectivity index (χ4n) is 3.40. The average Bonchev–Trinajstić information content (AvgIpc) is 3.48. The molecule has 0 amide bonds. The Balaban J connectivity index is 1.75. The molecule has 1 aliphatic heterocycles. The van der Waals surface area contributed by atoms with E-state index >= 15 is 0 Å². The van der Waals surface area contributed by atoms with Crippen molar-refractivity contribution in [3.63, 3.8) is 0 Å². The zero-order valence-electron chi connectivity index (χ0n) is 14.3. The second-order valence-electron chi connectivity index (χ2n) is 6.56. The molecule has 0 spiro atoms. The number of nitrogens with two attached hydrogens (primary N) is 1. The number of anilines is 2. The van der Waals surface area contributed by atoms with Gasteiger partial charge in [0.2, 0.25) is 5.95 Å². The van der Waals surface area contributed by atoms with Crippen molar-refractivity contribution in [2.45, 2.75) is 18.9 Å². The van der Waals surface area contributed by atoms with Crippen molar-refractivity contribution in [3.05, 3.63) is 24.5 Å². The molecule has 0 atom stereocenters. The molecule has 2 fully saturated rings. The van der Waals surface area contributed by atoms with E-state index < -0.39 is 0 Å². The number of aromatic nitrogens is 5. The van der Waals surface area contributed by atoms with Crippen LogP contribution in [0.5, 0.6) is 0 Å². The van der Waals surface area contributed by atoms with Gasteiger partial charge in [0.15, 0.2) is 17.0 Å². The highest BCUT2D eigenvalue weighted by Gasteiger charge is 2.31. The van der Waals surface area contributed by atoms with Gasteiger partial charge in [0.05, 0.1) is 13.2 Å². The molecule has 9 nitrogen and oxygen atoms in total. The molecule has 2 aliphatic rings. The van der Waals surface area contributed by atoms with Crippen LogP contribution in [0.15, 0.2) is 24.5 Å². The molecule has 134 valence electrons. The number of pyridine rings is 1. The van der Waals surface area contributed by atoms with Crippen LogP contribution >= 0.6 is 0 Å². The van der Waals surface area contributed by atoms with Crippen LogP contribution in [0, 0.1) is 0 Å². The van der Waals surface area contributed by atoms with Crippen LogP contribution in [0.25, 0.3) is 22.6 Å². The van der Waals surface area contributed by atoms with Crippen LogP contribution in [0.3, 0.4) is 0 Å². The summed E-state index contributed by atoms with van der Waals surface area (Å²) in [4.78, 5) is 20.5. The summed E-state index contributed by atoms with van der Waals surface area (Å²) in [5.41, 5.74) is 5.26. The molecule has 0 aromatic carbocycles. The highest BCUT2D eigenvalue weighted by Crippen LogP contribution is 2.42. The number of hydrogen-bond donors (Lipinski definition) is 2. The molecular weight excluding hydrogens is 332 g/mol. The van der Waals surface area contributed by atoms with Crippen LogP contribution in [-0.4, -0.2) is 50.8 Å². The second-order valence-corrected chi connectivity index (χ2v) is 6.56. The molecule has 1 aliphatic carbocycles. The van der Waals surface area contributed by atoms with Crippen molar-refractivity contribution in [1.29, 1.82) is 0 Å². The Morgan fingerprint density at radius 3 is 2.54 bits per heavy atom. The molecule has 1 saturated carbocycles. The largest absolute Gasteiger partial charge is 0.378 e. The number of fused-ring (bicyclic) bond motifs is 1. The highest BCUT2D eigenvalue weighted by molar-refractivity contribution is 5.88. The SMILES string of the molecule is NNc1nc(N2CCOCC2)c2nc(-c3ccncc3)n(C3CC3)c2n1. The lowest BCUT2D eigenvalue weighted by molar-refractivity contribution is 0.122. The Kier molecular flexibility index (Phi) is 3.68. The van der Waals surface area contributed by atoms with Crippen molar-refractivity contribution in [3.8, 4) is 11.4 Å². The summed E-state index contributed by atoms with van der Waals surface area (Å²) in [5.74, 6) is 7.76. The summed E-state index contributed by atoms with van der Waals surface area (Å²) >= 11 is 0. The monoisotopic (exact) mass is 352 g/mol. The average molecular weight is 352 g/mol. The third-order valence-electron chi connectivity index (χ3n) is 4.81. The predicted octanol–water partition coefficient (Wildman–Crippen LogP) is 1.35. The molecular formula is C17H20N8O. The standard InChI is InChI=1S/C17H20N8O/c18-23-17-21-15(24-7-9-26-10-8-24)13-16(22-17)25(12-1-2-12)14(20-13)11-3-5-19-6-4-11/h3-6,12H,1-2,7-10,18H2,(H,21,22,23). The van der Waals surface area contributed by atoms with E-state index in [0.717, 1.165) is 54.3 Å². The number of hydrazine groups is 1. The minimum absolute atomic E-state index is 0.405. The maximum Gasteiger partial charge on any atom is 0.241 e. The van der Waals surface area contributed by atoms with E-state index in [9.17, 15) is 0 Å². The number of ether oxygens (including phenoxy) is 1. The minimum Gasteiger partial charge on any atom is -0.378 e. The molecule has 26 heavy (non-hydrogen) atoms. The van der Waals surface area contributed by atoms with Gasteiger partial charge < -0.3 is 14.2 Å². The van der Waals surface area contributed by atoms with Gasteiger partial charge in [-0.2, -0.15) is 9.97 Å². The maximum absolute atomic E-state index is 5.64. The Bertz CT molecular complexity index is 931. The van der Waals surface area contributed by atoms with E-state index in [1.165, 1.54) is 0 Å². The first-order chi connectivity index (χ1) is 12.8. The molecule has 0 radical (unpaired) electrons. The molecule has 9 heteroatoms. The fourth-order valence-corrected chi connectivity index (χ4v) is 3.40. The van der Waals surface area contributed by atoms with E-state index in [1.807, 2.05) is 12.1 Å². The normalized spacial score (nSPS) is 17.7. The third-order valence-corrected chi connectivity index (χ3v) is 4.81. The number of rotatable bonds is 4. The summed E-state index contributed by atoms with van der Waals surface area (Å²) in [6.07, 6.45) is 5.83. The van der Waals surface area contributed by atoms with E-state index in [-0.39, 0.29) is 0 Å². The highest BCUT2D eigenvalue weighted by atomic mass is 16.5. The molecule has 5 rings (SSSR count). The number of morpholine rings is 1. The summed E-state index contributed by atoms with van der Waals surface area (Å²) in [5, 5.41) is 0. The topological polar surface area (TPSA) is 107 Å². The zero-order valence-corrected chi connectivity index (χ0v) is 14.3. The lowest BCUT2D eigenvalue weighted by atomic mass is 10.2. The molecule has 3 aromatic rings. The van der Waals surface area contributed by atoms with Crippen LogP contribution in [0.4, 0.5) is 11.8 Å². The minimum atomic E-state index is 0.405. The lowest BCUT2D eigenvalue weighted by Gasteiger charge is -2.28. The molecule has 3 aromatic heterocycles. The van der Waals surface area contributed by atoms with E-state index in [4.69, 9.17) is 15.6 Å². The maximum atomic E-state index is 5.64. The van der Waals surface area contributed by atoms with Crippen molar-refractivity contribution in [2.75, 3.05) is 36.6 Å². The van der Waals surface area contributed by atoms with E-state index in [2.05, 4.69) is 29.8 Å². The molecule has 1 saturated heterocycles. The van der Waals surface area contributed by atoms with Gasteiger partial charge in [0.1, 0.15) is 5.82 Å². The van der Waals surface area contributed by atoms with Gasteiger partial charge in [-0.3, -0.25) is 10.4 Å². The van der Waals surface area contributed by atoms with Crippen molar-refractivity contribution in [2.24, 2.45) is 5.84 Å². The Morgan fingerprint density at radius 2 is 1.85 bits per heavy atom. The lowest BCUT2D eigenvalue weighted by Crippen LogP contribution is -2.37. The van der Waals surface area contributed by atoms with Gasteiger partial charge in [-0.1, -0.05) is 0 Å².